The van der Waals surface area contributed by atoms with E-state index in [2.05, 4.69) is 63.3 Å². The van der Waals surface area contributed by atoms with E-state index in [0.29, 0.717) is 0 Å². The minimum absolute atomic E-state index is 0.00367. The molecule has 4 nitrogen and oxygen atoms in total. The Balaban J connectivity index is 2.80. The molecule has 2 heterocycles. The lowest BCUT2D eigenvalue weighted by Gasteiger charge is -2.17. The van der Waals surface area contributed by atoms with Gasteiger partial charge in [-0.3, -0.25) is 0 Å². The molecule has 0 aliphatic rings. The number of H-pyrrole nitrogens is 1. The van der Waals surface area contributed by atoms with Gasteiger partial charge in [-0.25, -0.2) is 15.0 Å². The maximum atomic E-state index is 4.44. The van der Waals surface area contributed by atoms with E-state index in [-0.39, 0.29) is 5.41 Å². The molecule has 14 heavy (non-hydrogen) atoms. The van der Waals surface area contributed by atoms with Gasteiger partial charge in [0.25, 0.3) is 0 Å². The van der Waals surface area contributed by atoms with Crippen molar-refractivity contribution in [3.63, 3.8) is 0 Å². The highest BCUT2D eigenvalue weighted by molar-refractivity contribution is 14.1. The Bertz CT molecular complexity index is 469. The minimum atomic E-state index is -0.00367. The molecule has 1 N–H and O–H groups in total. The number of hydrogen-bond acceptors (Lipinski definition) is 3. The largest absolute Gasteiger partial charge is 0.329 e. The first-order chi connectivity index (χ1) is 6.48. The van der Waals surface area contributed by atoms with Gasteiger partial charge in [-0.15, -0.1) is 0 Å². The molecule has 0 saturated heterocycles. The zero-order valence-corrected chi connectivity index (χ0v) is 10.5. The van der Waals surface area contributed by atoms with Gasteiger partial charge < -0.3 is 4.98 Å². The van der Waals surface area contributed by atoms with Gasteiger partial charge in [-0.1, -0.05) is 20.8 Å². The van der Waals surface area contributed by atoms with Crippen molar-refractivity contribution in [3.8, 4) is 0 Å². The first kappa shape index (κ1) is 9.82. The molecule has 0 amide bonds. The molecule has 0 radical (unpaired) electrons. The Kier molecular flexibility index (Phi) is 2.21. The van der Waals surface area contributed by atoms with E-state index in [9.17, 15) is 0 Å². The zero-order chi connectivity index (χ0) is 10.3. The van der Waals surface area contributed by atoms with Gasteiger partial charge in [-0.05, 0) is 0 Å². The average molecular weight is 302 g/mol. The summed E-state index contributed by atoms with van der Waals surface area (Å²) in [6.07, 6.45) is 1.66. The second-order valence-electron chi connectivity index (χ2n) is 4.19. The summed E-state index contributed by atoms with van der Waals surface area (Å²) in [6.45, 7) is 6.37. The Morgan fingerprint density at radius 3 is 2.64 bits per heavy atom. The molecule has 2 rings (SSSR count). The summed E-state index contributed by atoms with van der Waals surface area (Å²) in [6, 6.07) is 0. The molecule has 0 atom stereocenters. The Morgan fingerprint density at radius 1 is 1.29 bits per heavy atom. The molecule has 74 valence electrons. The van der Waals surface area contributed by atoms with E-state index in [1.807, 2.05) is 0 Å². The topological polar surface area (TPSA) is 54.5 Å². The van der Waals surface area contributed by atoms with Crippen LogP contribution in [-0.2, 0) is 5.41 Å². The molecule has 0 unspecified atom stereocenters. The Morgan fingerprint density at radius 2 is 2.00 bits per heavy atom. The van der Waals surface area contributed by atoms with E-state index < -0.39 is 0 Å². The first-order valence-electron chi connectivity index (χ1n) is 4.35. The van der Waals surface area contributed by atoms with Crippen LogP contribution in [-0.4, -0.2) is 19.9 Å². The first-order valence-corrected chi connectivity index (χ1v) is 5.43. The highest BCUT2D eigenvalue weighted by Crippen LogP contribution is 2.25. The quantitative estimate of drug-likeness (QED) is 0.600. The lowest BCUT2D eigenvalue weighted by molar-refractivity contribution is 0.571. The van der Waals surface area contributed by atoms with Crippen molar-refractivity contribution in [2.45, 2.75) is 26.2 Å². The number of nitrogens with zero attached hydrogens (tertiary/aromatic N) is 3. The third-order valence-electron chi connectivity index (χ3n) is 1.96. The highest BCUT2D eigenvalue weighted by atomic mass is 127. The molecular formula is C9H11IN4. The van der Waals surface area contributed by atoms with Crippen LogP contribution in [0.25, 0.3) is 11.2 Å². The predicted octanol–water partition coefficient (Wildman–Crippen LogP) is 2.25. The molecule has 0 aromatic carbocycles. The number of imidazole rings is 1. The van der Waals surface area contributed by atoms with E-state index in [1.54, 1.807) is 6.33 Å². The van der Waals surface area contributed by atoms with E-state index in [1.165, 1.54) is 0 Å². The zero-order valence-electron chi connectivity index (χ0n) is 8.30. The van der Waals surface area contributed by atoms with Crippen LogP contribution in [0, 0.1) is 3.83 Å². The van der Waals surface area contributed by atoms with Gasteiger partial charge in [0.05, 0.1) is 12.0 Å². The average Bonchev–Trinajstić information content (AvgIpc) is 2.47. The van der Waals surface area contributed by atoms with Crippen LogP contribution in [0.4, 0.5) is 0 Å². The lowest BCUT2D eigenvalue weighted by Crippen LogP contribution is -2.15. The number of rotatable bonds is 0. The predicted molar refractivity (Wildman–Crippen MR) is 63.1 cm³/mol. The van der Waals surface area contributed by atoms with Gasteiger partial charge in [0.1, 0.15) is 5.52 Å². The monoisotopic (exact) mass is 302 g/mol. The van der Waals surface area contributed by atoms with Crippen molar-refractivity contribution < 1.29 is 0 Å². The summed E-state index contributed by atoms with van der Waals surface area (Å²) < 4.78 is 0.754. The van der Waals surface area contributed by atoms with Crippen LogP contribution in [0.1, 0.15) is 26.5 Å². The summed E-state index contributed by atoms with van der Waals surface area (Å²) in [4.78, 5) is 16.0. The SMILES string of the molecule is CC(C)(C)c1nc(I)nc2[nH]cnc12. The summed E-state index contributed by atoms with van der Waals surface area (Å²) in [5.74, 6) is 0. The second-order valence-corrected chi connectivity index (χ2v) is 5.16. The smallest absolute Gasteiger partial charge is 0.193 e. The molecule has 2 aromatic rings. The van der Waals surface area contributed by atoms with Crippen molar-refractivity contribution in [3.05, 3.63) is 15.9 Å². The van der Waals surface area contributed by atoms with Gasteiger partial charge in [0.15, 0.2) is 9.48 Å². The molecule has 0 spiro atoms. The minimum Gasteiger partial charge on any atom is -0.329 e. The van der Waals surface area contributed by atoms with Gasteiger partial charge in [0.2, 0.25) is 0 Å². The number of hydrogen-bond donors (Lipinski definition) is 1. The summed E-state index contributed by atoms with van der Waals surface area (Å²) in [7, 11) is 0. The van der Waals surface area contributed by atoms with E-state index in [4.69, 9.17) is 0 Å². The third-order valence-corrected chi connectivity index (χ3v) is 2.44. The molecule has 0 aliphatic heterocycles. The fraction of sp³-hybridized carbons (Fsp3) is 0.444. The van der Waals surface area contributed by atoms with E-state index >= 15 is 0 Å². The standard InChI is InChI=1S/C9H11IN4/c1-9(2,3)6-5-7(12-4-11-5)14-8(10)13-6/h4H,1-3H3,(H,11,12,13,14). The Hall–Kier alpha value is -0.720. The van der Waals surface area contributed by atoms with Gasteiger partial charge >= 0.3 is 0 Å². The number of aromatic nitrogens is 4. The van der Waals surface area contributed by atoms with Gasteiger partial charge in [0, 0.05) is 28.0 Å². The van der Waals surface area contributed by atoms with Crippen molar-refractivity contribution in [1.82, 2.24) is 19.9 Å². The maximum Gasteiger partial charge on any atom is 0.193 e. The van der Waals surface area contributed by atoms with Crippen LogP contribution >= 0.6 is 22.6 Å². The normalized spacial score (nSPS) is 12.3. The van der Waals surface area contributed by atoms with Crippen molar-refractivity contribution in [1.29, 1.82) is 0 Å². The summed E-state index contributed by atoms with van der Waals surface area (Å²) in [5.41, 5.74) is 2.68. The van der Waals surface area contributed by atoms with Crippen LogP contribution in [0.3, 0.4) is 0 Å². The number of aromatic amines is 1. The molecule has 0 aliphatic carbocycles. The summed E-state index contributed by atoms with van der Waals surface area (Å²) in [5, 5.41) is 0. The van der Waals surface area contributed by atoms with Crippen LogP contribution in [0.5, 0.6) is 0 Å². The molecule has 0 saturated carbocycles. The van der Waals surface area contributed by atoms with Crippen molar-refractivity contribution in [2.75, 3.05) is 0 Å². The Labute approximate surface area is 95.7 Å². The van der Waals surface area contributed by atoms with Crippen molar-refractivity contribution in [2.24, 2.45) is 0 Å². The molecule has 0 bridgehead atoms. The van der Waals surface area contributed by atoms with Crippen LogP contribution in [0.15, 0.2) is 6.33 Å². The number of nitrogens with one attached hydrogen (secondary N) is 1. The summed E-state index contributed by atoms with van der Waals surface area (Å²) >= 11 is 2.12. The highest BCUT2D eigenvalue weighted by Gasteiger charge is 2.21. The van der Waals surface area contributed by atoms with E-state index in [0.717, 1.165) is 20.7 Å². The van der Waals surface area contributed by atoms with Gasteiger partial charge in [-0.2, -0.15) is 0 Å². The molecule has 0 fully saturated rings. The molecule has 2 aromatic heterocycles. The van der Waals surface area contributed by atoms with Crippen LogP contribution < -0.4 is 0 Å². The third kappa shape index (κ3) is 1.60. The number of fused-ring (bicyclic) bond motifs is 1. The molecule has 5 heteroatoms. The van der Waals surface area contributed by atoms with Crippen LogP contribution in [0.2, 0.25) is 0 Å². The van der Waals surface area contributed by atoms with Crippen molar-refractivity contribution >= 4 is 33.8 Å². The maximum absolute atomic E-state index is 4.44. The fourth-order valence-corrected chi connectivity index (χ4v) is 1.81. The number of halogens is 1. The lowest BCUT2D eigenvalue weighted by atomic mass is 9.91. The second kappa shape index (κ2) is 3.15. The fourth-order valence-electron chi connectivity index (χ4n) is 1.33. The molecular weight excluding hydrogens is 291 g/mol.